The fourth-order valence-electron chi connectivity index (χ4n) is 1.99. The minimum absolute atomic E-state index is 0.0741. The molecule has 0 aliphatic heterocycles. The topological polar surface area (TPSA) is 37.3 Å². The van der Waals surface area contributed by atoms with Crippen molar-refractivity contribution in [1.29, 1.82) is 0 Å². The summed E-state index contributed by atoms with van der Waals surface area (Å²) in [4.78, 5) is 12.2. The molecule has 2 nitrogen and oxygen atoms in total. The fourth-order valence-corrected chi connectivity index (χ4v) is 3.45. The minimum atomic E-state index is -0.765. The number of carbonyl (C=O) groups is 1. The maximum Gasteiger partial charge on any atom is 0.312 e. The summed E-state index contributed by atoms with van der Waals surface area (Å²) in [6.07, 6.45) is 0. The SMILES string of the molecule is CC(C)C(C(=O)O)c1scc2cc(Cl)ccc12. The van der Waals surface area contributed by atoms with Gasteiger partial charge < -0.3 is 5.11 Å². The first kappa shape index (κ1) is 12.4. The molecule has 0 saturated heterocycles. The summed E-state index contributed by atoms with van der Waals surface area (Å²) in [5.74, 6) is -1.14. The van der Waals surface area contributed by atoms with Crippen LogP contribution in [0.25, 0.3) is 10.8 Å². The largest absolute Gasteiger partial charge is 0.481 e. The van der Waals surface area contributed by atoms with Crippen LogP contribution in [-0.2, 0) is 4.79 Å². The molecule has 1 aromatic carbocycles. The zero-order valence-electron chi connectivity index (χ0n) is 9.61. The third-order valence-electron chi connectivity index (χ3n) is 2.81. The summed E-state index contributed by atoms with van der Waals surface area (Å²) in [6, 6.07) is 5.58. The molecule has 1 atom stereocenters. The van der Waals surface area contributed by atoms with Gasteiger partial charge >= 0.3 is 5.97 Å². The molecule has 90 valence electrons. The van der Waals surface area contributed by atoms with Gasteiger partial charge in [0, 0.05) is 9.90 Å². The van der Waals surface area contributed by atoms with Crippen LogP contribution in [-0.4, -0.2) is 11.1 Å². The predicted octanol–water partition coefficient (Wildman–Crippen LogP) is 4.38. The molecule has 4 heteroatoms. The van der Waals surface area contributed by atoms with Crippen molar-refractivity contribution in [2.75, 3.05) is 0 Å². The van der Waals surface area contributed by atoms with Gasteiger partial charge in [-0.2, -0.15) is 0 Å². The zero-order chi connectivity index (χ0) is 12.6. The van der Waals surface area contributed by atoms with Gasteiger partial charge in [0.1, 0.15) is 0 Å². The lowest BCUT2D eigenvalue weighted by Gasteiger charge is -2.15. The highest BCUT2D eigenvalue weighted by molar-refractivity contribution is 7.11. The van der Waals surface area contributed by atoms with Gasteiger partial charge in [0.05, 0.1) is 5.92 Å². The van der Waals surface area contributed by atoms with E-state index in [-0.39, 0.29) is 5.92 Å². The lowest BCUT2D eigenvalue weighted by molar-refractivity contribution is -0.139. The zero-order valence-corrected chi connectivity index (χ0v) is 11.2. The number of thiophene rings is 1. The molecule has 17 heavy (non-hydrogen) atoms. The minimum Gasteiger partial charge on any atom is -0.481 e. The van der Waals surface area contributed by atoms with Crippen molar-refractivity contribution in [3.63, 3.8) is 0 Å². The van der Waals surface area contributed by atoms with E-state index in [1.165, 1.54) is 11.3 Å². The Balaban J connectivity index is 2.58. The molecular formula is C13H13ClO2S. The third kappa shape index (κ3) is 2.31. The number of hydrogen-bond donors (Lipinski definition) is 1. The molecule has 0 aliphatic rings. The quantitative estimate of drug-likeness (QED) is 0.897. The highest BCUT2D eigenvalue weighted by Crippen LogP contribution is 2.37. The molecule has 2 rings (SSSR count). The normalized spacial score (nSPS) is 13.2. The van der Waals surface area contributed by atoms with Crippen molar-refractivity contribution in [3.8, 4) is 0 Å². The van der Waals surface area contributed by atoms with Crippen LogP contribution >= 0.6 is 22.9 Å². The first-order chi connectivity index (χ1) is 8.00. The molecule has 1 aromatic heterocycles. The summed E-state index contributed by atoms with van der Waals surface area (Å²) in [7, 11) is 0. The van der Waals surface area contributed by atoms with Crippen molar-refractivity contribution in [2.45, 2.75) is 19.8 Å². The molecule has 0 amide bonds. The molecular weight excluding hydrogens is 256 g/mol. The molecule has 0 spiro atoms. The summed E-state index contributed by atoms with van der Waals surface area (Å²) in [6.45, 7) is 3.86. The predicted molar refractivity (Wildman–Crippen MR) is 72.0 cm³/mol. The van der Waals surface area contributed by atoms with E-state index in [1.54, 1.807) is 6.07 Å². The fraction of sp³-hybridized carbons (Fsp3) is 0.308. The number of carboxylic acids is 1. The van der Waals surface area contributed by atoms with Crippen LogP contribution in [0.1, 0.15) is 24.6 Å². The van der Waals surface area contributed by atoms with Crippen molar-refractivity contribution in [3.05, 3.63) is 33.5 Å². The second-order valence-electron chi connectivity index (χ2n) is 4.39. The van der Waals surface area contributed by atoms with Crippen LogP contribution in [0.2, 0.25) is 5.02 Å². The van der Waals surface area contributed by atoms with Gasteiger partial charge in [-0.25, -0.2) is 0 Å². The van der Waals surface area contributed by atoms with Crippen molar-refractivity contribution in [1.82, 2.24) is 0 Å². The van der Waals surface area contributed by atoms with Gasteiger partial charge in [0.2, 0.25) is 0 Å². The Hall–Kier alpha value is -1.06. The maximum absolute atomic E-state index is 11.3. The monoisotopic (exact) mass is 268 g/mol. The van der Waals surface area contributed by atoms with E-state index in [0.717, 1.165) is 15.6 Å². The Morgan fingerprint density at radius 1 is 1.41 bits per heavy atom. The van der Waals surface area contributed by atoms with Gasteiger partial charge in [-0.05, 0) is 34.2 Å². The number of benzene rings is 1. The molecule has 0 radical (unpaired) electrons. The van der Waals surface area contributed by atoms with Crippen LogP contribution < -0.4 is 0 Å². The van der Waals surface area contributed by atoms with E-state index >= 15 is 0 Å². The Labute approximate surface area is 109 Å². The molecule has 0 fully saturated rings. The van der Waals surface area contributed by atoms with Crippen LogP contribution in [0.15, 0.2) is 23.6 Å². The highest BCUT2D eigenvalue weighted by Gasteiger charge is 2.26. The van der Waals surface area contributed by atoms with E-state index in [0.29, 0.717) is 5.02 Å². The Kier molecular flexibility index (Phi) is 3.40. The second-order valence-corrected chi connectivity index (χ2v) is 5.74. The number of carboxylic acid groups (broad SMARTS) is 1. The highest BCUT2D eigenvalue weighted by atomic mass is 35.5. The van der Waals surface area contributed by atoms with Crippen molar-refractivity contribution < 1.29 is 9.90 Å². The average Bonchev–Trinajstić information content (AvgIpc) is 2.60. The molecule has 1 N–H and O–H groups in total. The number of halogens is 1. The second kappa shape index (κ2) is 4.67. The lowest BCUT2D eigenvalue weighted by atomic mass is 9.92. The van der Waals surface area contributed by atoms with Gasteiger partial charge in [-0.3, -0.25) is 4.79 Å². The summed E-state index contributed by atoms with van der Waals surface area (Å²) < 4.78 is 0. The summed E-state index contributed by atoms with van der Waals surface area (Å²) in [5, 5.41) is 14.0. The van der Waals surface area contributed by atoms with Crippen LogP contribution in [0.4, 0.5) is 0 Å². The number of rotatable bonds is 3. The Bertz CT molecular complexity index is 560. The van der Waals surface area contributed by atoms with Crippen LogP contribution in [0.3, 0.4) is 0 Å². The molecule has 0 bridgehead atoms. The van der Waals surface area contributed by atoms with E-state index < -0.39 is 11.9 Å². The number of fused-ring (bicyclic) bond motifs is 1. The van der Waals surface area contributed by atoms with Crippen LogP contribution in [0, 0.1) is 5.92 Å². The third-order valence-corrected chi connectivity index (χ3v) is 4.14. The van der Waals surface area contributed by atoms with Crippen LogP contribution in [0.5, 0.6) is 0 Å². The van der Waals surface area contributed by atoms with Gasteiger partial charge in [-0.15, -0.1) is 11.3 Å². The Morgan fingerprint density at radius 2 is 2.12 bits per heavy atom. The standard InChI is InChI=1S/C13H13ClO2S/c1-7(2)11(13(15)16)12-10-4-3-9(14)5-8(10)6-17-12/h3-7,11H,1-2H3,(H,15,16). The summed E-state index contributed by atoms with van der Waals surface area (Å²) in [5.41, 5.74) is 0. The smallest absolute Gasteiger partial charge is 0.312 e. The van der Waals surface area contributed by atoms with E-state index in [2.05, 4.69) is 0 Å². The number of hydrogen-bond acceptors (Lipinski definition) is 2. The van der Waals surface area contributed by atoms with E-state index in [4.69, 9.17) is 11.6 Å². The van der Waals surface area contributed by atoms with Crippen molar-refractivity contribution >= 4 is 39.7 Å². The first-order valence-corrected chi connectivity index (χ1v) is 6.66. The first-order valence-electron chi connectivity index (χ1n) is 5.40. The molecule has 1 unspecified atom stereocenters. The van der Waals surface area contributed by atoms with E-state index in [1.807, 2.05) is 31.4 Å². The van der Waals surface area contributed by atoms with Crippen molar-refractivity contribution in [2.24, 2.45) is 5.92 Å². The Morgan fingerprint density at radius 3 is 2.71 bits per heavy atom. The lowest BCUT2D eigenvalue weighted by Crippen LogP contribution is -2.16. The maximum atomic E-state index is 11.3. The summed E-state index contributed by atoms with van der Waals surface area (Å²) >= 11 is 7.42. The molecule has 1 heterocycles. The molecule has 0 saturated carbocycles. The van der Waals surface area contributed by atoms with Gasteiger partial charge in [0.15, 0.2) is 0 Å². The average molecular weight is 269 g/mol. The van der Waals surface area contributed by atoms with Gasteiger partial charge in [-0.1, -0.05) is 31.5 Å². The molecule has 0 aliphatic carbocycles. The molecule has 2 aromatic rings. The number of aliphatic carboxylic acids is 1. The van der Waals surface area contributed by atoms with E-state index in [9.17, 15) is 9.90 Å². The van der Waals surface area contributed by atoms with Gasteiger partial charge in [0.25, 0.3) is 0 Å².